The van der Waals surface area contributed by atoms with Crippen LogP contribution in [0.5, 0.6) is 0 Å². The number of tetrazole rings is 1. The van der Waals surface area contributed by atoms with E-state index in [0.29, 0.717) is 22.4 Å². The van der Waals surface area contributed by atoms with Crippen molar-refractivity contribution < 1.29 is 14.3 Å². The lowest BCUT2D eigenvalue weighted by Gasteiger charge is -2.06. The van der Waals surface area contributed by atoms with Gasteiger partial charge in [0.1, 0.15) is 17.1 Å². The van der Waals surface area contributed by atoms with E-state index < -0.39 is 5.97 Å². The highest BCUT2D eigenvalue weighted by molar-refractivity contribution is 7.98. The summed E-state index contributed by atoms with van der Waals surface area (Å²) < 4.78 is 7.12. The molecule has 0 saturated carbocycles. The van der Waals surface area contributed by atoms with E-state index in [1.165, 1.54) is 17.8 Å². The number of carboxylic acid groups (broad SMARTS) is 1. The topological polar surface area (TPSA) is 94.0 Å². The van der Waals surface area contributed by atoms with Crippen molar-refractivity contribution in [1.29, 1.82) is 0 Å². The molecule has 3 rings (SSSR count). The number of rotatable bonds is 5. The van der Waals surface area contributed by atoms with Gasteiger partial charge in [-0.1, -0.05) is 30.0 Å². The van der Waals surface area contributed by atoms with Crippen molar-refractivity contribution in [3.63, 3.8) is 0 Å². The molecule has 0 bridgehead atoms. The van der Waals surface area contributed by atoms with Gasteiger partial charge >= 0.3 is 5.97 Å². The Bertz CT molecular complexity index is 856. The van der Waals surface area contributed by atoms with Gasteiger partial charge in [-0.25, -0.2) is 4.79 Å². The van der Waals surface area contributed by atoms with Crippen molar-refractivity contribution in [2.24, 2.45) is 0 Å². The zero-order valence-electron chi connectivity index (χ0n) is 12.6. The Kier molecular flexibility index (Phi) is 4.16. The largest absolute Gasteiger partial charge is 0.478 e. The first-order valence-electron chi connectivity index (χ1n) is 6.86. The number of aryl methyl sites for hydroxylation is 2. The Morgan fingerprint density at radius 1 is 1.35 bits per heavy atom. The third-order valence-corrected chi connectivity index (χ3v) is 4.27. The molecule has 2 aromatic heterocycles. The van der Waals surface area contributed by atoms with Gasteiger partial charge in [-0.2, -0.15) is 4.68 Å². The minimum Gasteiger partial charge on any atom is -0.478 e. The lowest BCUT2D eigenvalue weighted by Crippen LogP contribution is -2.01. The van der Waals surface area contributed by atoms with E-state index >= 15 is 0 Å². The molecule has 0 spiro atoms. The van der Waals surface area contributed by atoms with E-state index in [-0.39, 0.29) is 5.56 Å². The van der Waals surface area contributed by atoms with Gasteiger partial charge in [0.2, 0.25) is 5.16 Å². The number of thioether (sulfide) groups is 1. The second kappa shape index (κ2) is 6.25. The number of hydrogen-bond acceptors (Lipinski definition) is 6. The van der Waals surface area contributed by atoms with E-state index in [0.717, 1.165) is 11.3 Å². The summed E-state index contributed by atoms with van der Waals surface area (Å²) in [5, 5.41) is 21.4. The number of carbonyl (C=O) groups is 1. The van der Waals surface area contributed by atoms with Gasteiger partial charge in [-0.05, 0) is 42.0 Å². The molecule has 7 nitrogen and oxygen atoms in total. The first-order valence-corrected chi connectivity index (χ1v) is 7.84. The van der Waals surface area contributed by atoms with Crippen LogP contribution in [0.25, 0.3) is 5.69 Å². The number of furan rings is 1. The van der Waals surface area contributed by atoms with E-state index in [1.54, 1.807) is 11.6 Å². The van der Waals surface area contributed by atoms with E-state index in [2.05, 4.69) is 15.5 Å². The molecule has 0 unspecified atom stereocenters. The van der Waals surface area contributed by atoms with E-state index in [4.69, 9.17) is 9.52 Å². The number of carboxylic acids is 1. The Hall–Kier alpha value is -2.61. The molecule has 2 heterocycles. The van der Waals surface area contributed by atoms with Gasteiger partial charge < -0.3 is 9.52 Å². The van der Waals surface area contributed by atoms with Crippen LogP contribution >= 0.6 is 11.8 Å². The molecular formula is C15H14N4O3S. The normalized spacial score (nSPS) is 10.9. The predicted molar refractivity (Wildman–Crippen MR) is 83.9 cm³/mol. The zero-order valence-corrected chi connectivity index (χ0v) is 13.4. The molecule has 118 valence electrons. The average Bonchev–Trinajstić information content (AvgIpc) is 3.12. The summed E-state index contributed by atoms with van der Waals surface area (Å²) in [4.78, 5) is 11.0. The highest BCUT2D eigenvalue weighted by Crippen LogP contribution is 2.26. The van der Waals surface area contributed by atoms with Crippen LogP contribution in [0.4, 0.5) is 0 Å². The number of hydrogen-bond donors (Lipinski definition) is 1. The second-order valence-corrected chi connectivity index (χ2v) is 5.88. The second-order valence-electron chi connectivity index (χ2n) is 4.94. The molecule has 0 aliphatic rings. The van der Waals surface area contributed by atoms with Crippen LogP contribution in [0, 0.1) is 13.8 Å². The zero-order chi connectivity index (χ0) is 16.4. The Morgan fingerprint density at radius 3 is 2.83 bits per heavy atom. The molecule has 1 N–H and O–H groups in total. The molecular weight excluding hydrogens is 316 g/mol. The Balaban J connectivity index is 1.80. The molecule has 0 amide bonds. The first kappa shape index (κ1) is 15.3. The molecule has 0 radical (unpaired) electrons. The minimum absolute atomic E-state index is 0.180. The third kappa shape index (κ3) is 3.11. The van der Waals surface area contributed by atoms with Crippen LogP contribution in [0.1, 0.15) is 27.4 Å². The fraction of sp³-hybridized carbons (Fsp3) is 0.200. The Morgan fingerprint density at radius 2 is 2.13 bits per heavy atom. The lowest BCUT2D eigenvalue weighted by atomic mass is 10.2. The summed E-state index contributed by atoms with van der Waals surface area (Å²) in [6.07, 6.45) is 0. The van der Waals surface area contributed by atoms with E-state index in [1.807, 2.05) is 31.2 Å². The highest BCUT2D eigenvalue weighted by atomic mass is 32.2. The third-order valence-electron chi connectivity index (χ3n) is 3.33. The molecule has 0 atom stereocenters. The Labute approximate surface area is 136 Å². The average molecular weight is 330 g/mol. The lowest BCUT2D eigenvalue weighted by molar-refractivity contribution is 0.0695. The summed E-state index contributed by atoms with van der Waals surface area (Å²) in [7, 11) is 0. The van der Waals surface area contributed by atoms with Crippen molar-refractivity contribution in [3.05, 3.63) is 53.0 Å². The predicted octanol–water partition coefficient (Wildman–Crippen LogP) is 2.86. The van der Waals surface area contributed by atoms with Gasteiger partial charge in [-0.15, -0.1) is 5.10 Å². The monoisotopic (exact) mass is 330 g/mol. The van der Waals surface area contributed by atoms with Crippen molar-refractivity contribution in [1.82, 2.24) is 20.2 Å². The number of aromatic nitrogens is 4. The molecule has 0 aliphatic heterocycles. The minimum atomic E-state index is -0.993. The van der Waals surface area contributed by atoms with Crippen LogP contribution in [0.15, 0.2) is 39.9 Å². The summed E-state index contributed by atoms with van der Waals surface area (Å²) in [5.41, 5.74) is 2.14. The molecule has 0 saturated heterocycles. The maximum absolute atomic E-state index is 11.0. The summed E-state index contributed by atoms with van der Waals surface area (Å²) in [6.45, 7) is 3.62. The smallest absolute Gasteiger partial charge is 0.339 e. The maximum Gasteiger partial charge on any atom is 0.339 e. The number of para-hydroxylation sites is 1. The van der Waals surface area contributed by atoms with Crippen LogP contribution in [-0.2, 0) is 5.75 Å². The first-order chi connectivity index (χ1) is 11.1. The molecule has 1 aromatic carbocycles. The fourth-order valence-electron chi connectivity index (χ4n) is 2.18. The van der Waals surface area contributed by atoms with Crippen LogP contribution in [0.3, 0.4) is 0 Å². The van der Waals surface area contributed by atoms with Crippen LogP contribution in [-0.4, -0.2) is 31.3 Å². The molecule has 0 fully saturated rings. The number of aromatic carboxylic acids is 1. The van der Waals surface area contributed by atoms with Crippen LogP contribution < -0.4 is 0 Å². The summed E-state index contributed by atoms with van der Waals surface area (Å²) >= 11 is 1.38. The van der Waals surface area contributed by atoms with Crippen molar-refractivity contribution in [2.75, 3.05) is 0 Å². The standard InChI is InChI=1S/C15H14N4O3S/c1-9-5-3-4-6-13(9)19-15(16-17-18-19)23-8-11-7-12(14(20)21)10(2)22-11/h3-7H,8H2,1-2H3,(H,20,21). The number of benzene rings is 1. The van der Waals surface area contributed by atoms with E-state index in [9.17, 15) is 4.79 Å². The van der Waals surface area contributed by atoms with Gasteiger partial charge in [0.15, 0.2) is 0 Å². The maximum atomic E-state index is 11.0. The summed E-state index contributed by atoms with van der Waals surface area (Å²) in [5.74, 6) is 0.420. The molecule has 0 aliphatic carbocycles. The fourth-order valence-corrected chi connectivity index (χ4v) is 2.95. The van der Waals surface area contributed by atoms with Crippen molar-refractivity contribution >= 4 is 17.7 Å². The van der Waals surface area contributed by atoms with Gasteiger partial charge in [0, 0.05) is 0 Å². The molecule has 8 heteroatoms. The van der Waals surface area contributed by atoms with Gasteiger partial charge in [-0.3, -0.25) is 0 Å². The summed E-state index contributed by atoms with van der Waals surface area (Å²) in [6, 6.07) is 9.34. The van der Waals surface area contributed by atoms with Gasteiger partial charge in [0.25, 0.3) is 0 Å². The highest BCUT2D eigenvalue weighted by Gasteiger charge is 2.16. The quantitative estimate of drug-likeness (QED) is 0.719. The van der Waals surface area contributed by atoms with Crippen molar-refractivity contribution in [2.45, 2.75) is 24.8 Å². The SMILES string of the molecule is Cc1ccccc1-n1nnnc1SCc1cc(C(=O)O)c(C)o1. The van der Waals surface area contributed by atoms with Crippen LogP contribution in [0.2, 0.25) is 0 Å². The van der Waals surface area contributed by atoms with Crippen molar-refractivity contribution in [3.8, 4) is 5.69 Å². The number of nitrogens with zero attached hydrogens (tertiary/aromatic N) is 4. The van der Waals surface area contributed by atoms with Gasteiger partial charge in [0.05, 0.1) is 11.4 Å². The molecule has 23 heavy (non-hydrogen) atoms. The molecule has 3 aromatic rings.